The number of carbonyl (C=O) groups is 1. The van der Waals surface area contributed by atoms with E-state index in [1.54, 1.807) is 30.3 Å². The fraction of sp³-hybridized carbons (Fsp3) is 0.308. The molecular formula is C13H13BrN4O3S. The Hall–Kier alpha value is -1.92. The van der Waals surface area contributed by atoms with Crippen molar-refractivity contribution in [2.24, 2.45) is 5.10 Å². The lowest BCUT2D eigenvalue weighted by molar-refractivity contribution is -0.115. The van der Waals surface area contributed by atoms with Gasteiger partial charge in [-0.15, -0.1) is 0 Å². The number of sulfone groups is 1. The number of nitrogens with one attached hydrogen (secondary N) is 2. The van der Waals surface area contributed by atoms with Gasteiger partial charge in [-0.2, -0.15) is 10.4 Å². The Morgan fingerprint density at radius 3 is 2.59 bits per heavy atom. The third-order valence-electron chi connectivity index (χ3n) is 3.03. The summed E-state index contributed by atoms with van der Waals surface area (Å²) in [5.74, 6) is -0.736. The zero-order valence-corrected chi connectivity index (χ0v) is 13.8. The number of amides is 1. The Bertz CT molecular complexity index is 738. The summed E-state index contributed by atoms with van der Waals surface area (Å²) >= 11 is 3.29. The minimum Gasteiger partial charge on any atom is -0.346 e. The smallest absolute Gasteiger partial charge is 0.282 e. The van der Waals surface area contributed by atoms with Gasteiger partial charge in [0.2, 0.25) is 5.71 Å². The molecule has 1 aromatic rings. The van der Waals surface area contributed by atoms with Gasteiger partial charge in [-0.1, -0.05) is 15.9 Å². The number of hydrazone groups is 1. The zero-order valence-electron chi connectivity index (χ0n) is 11.4. The summed E-state index contributed by atoms with van der Waals surface area (Å²) < 4.78 is 23.6. The van der Waals surface area contributed by atoms with Gasteiger partial charge in [0.15, 0.2) is 9.84 Å². The summed E-state index contributed by atoms with van der Waals surface area (Å²) in [6, 6.07) is 8.25. The van der Waals surface area contributed by atoms with Crippen LogP contribution in [0.3, 0.4) is 0 Å². The average molecular weight is 385 g/mol. The minimum atomic E-state index is -3.09. The van der Waals surface area contributed by atoms with Crippen molar-refractivity contribution in [1.82, 2.24) is 5.32 Å². The summed E-state index contributed by atoms with van der Waals surface area (Å²) in [6.45, 7) is 0. The van der Waals surface area contributed by atoms with E-state index in [4.69, 9.17) is 5.26 Å². The first-order valence-corrected chi connectivity index (χ1v) is 9.02. The van der Waals surface area contributed by atoms with Crippen molar-refractivity contribution in [1.29, 1.82) is 5.26 Å². The molecule has 2 rings (SSSR count). The van der Waals surface area contributed by atoms with Gasteiger partial charge < -0.3 is 5.32 Å². The van der Waals surface area contributed by atoms with Crippen molar-refractivity contribution < 1.29 is 13.2 Å². The Morgan fingerprint density at radius 1 is 1.36 bits per heavy atom. The quantitative estimate of drug-likeness (QED) is 0.594. The lowest BCUT2D eigenvalue weighted by Crippen LogP contribution is -2.39. The van der Waals surface area contributed by atoms with Crippen molar-refractivity contribution in [2.45, 2.75) is 12.5 Å². The second-order valence-electron chi connectivity index (χ2n) is 4.76. The summed E-state index contributed by atoms with van der Waals surface area (Å²) in [6.07, 6.45) is 0.354. The fourth-order valence-corrected chi connectivity index (χ4v) is 3.87. The van der Waals surface area contributed by atoms with E-state index in [9.17, 15) is 13.2 Å². The molecule has 1 saturated heterocycles. The van der Waals surface area contributed by atoms with E-state index in [2.05, 4.69) is 31.8 Å². The Labute approximate surface area is 136 Å². The Balaban J connectivity index is 1.98. The van der Waals surface area contributed by atoms with Gasteiger partial charge in [-0.3, -0.25) is 10.2 Å². The van der Waals surface area contributed by atoms with E-state index in [0.717, 1.165) is 4.47 Å². The molecule has 0 radical (unpaired) electrons. The Kier molecular flexibility index (Phi) is 5.15. The zero-order chi connectivity index (χ0) is 16.2. The van der Waals surface area contributed by atoms with E-state index >= 15 is 0 Å². The number of carbonyl (C=O) groups excluding carboxylic acids is 1. The van der Waals surface area contributed by atoms with Crippen LogP contribution < -0.4 is 10.7 Å². The first-order valence-electron chi connectivity index (χ1n) is 6.40. The summed E-state index contributed by atoms with van der Waals surface area (Å²) in [7, 11) is -3.09. The van der Waals surface area contributed by atoms with Crippen LogP contribution in [0.4, 0.5) is 5.69 Å². The van der Waals surface area contributed by atoms with Crippen molar-refractivity contribution in [3.8, 4) is 6.07 Å². The third-order valence-corrected chi connectivity index (χ3v) is 5.33. The maximum atomic E-state index is 11.9. The number of halogens is 1. The standard InChI is InChI=1S/C13H13BrN4O3S/c14-9-1-3-10(4-2-9)17-18-12(7-15)13(19)16-11-5-6-22(20,21)8-11/h1-4,11,17H,5-6,8H2,(H,16,19)/b18-12-/t11-/m0/s1. The molecule has 1 aliphatic rings. The molecule has 0 aliphatic carbocycles. The molecule has 22 heavy (non-hydrogen) atoms. The van der Waals surface area contributed by atoms with Crippen LogP contribution in [0.15, 0.2) is 33.8 Å². The number of hydrogen-bond acceptors (Lipinski definition) is 6. The van der Waals surface area contributed by atoms with Gasteiger partial charge in [0.25, 0.3) is 5.91 Å². The molecule has 1 fully saturated rings. The first kappa shape index (κ1) is 16.5. The number of nitrogens with zero attached hydrogens (tertiary/aromatic N) is 2. The predicted octanol–water partition coefficient (Wildman–Crippen LogP) is 1.04. The van der Waals surface area contributed by atoms with Crippen LogP contribution >= 0.6 is 15.9 Å². The van der Waals surface area contributed by atoms with Crippen molar-refractivity contribution in [2.75, 3.05) is 16.9 Å². The molecule has 116 valence electrons. The minimum absolute atomic E-state index is 0.0497. The molecule has 2 N–H and O–H groups in total. The SMILES string of the molecule is N#C/C(=N/Nc1ccc(Br)cc1)C(=O)N[C@H]1CCS(=O)(=O)C1. The van der Waals surface area contributed by atoms with Crippen LogP contribution in [-0.4, -0.2) is 37.6 Å². The predicted molar refractivity (Wildman–Crippen MR) is 86.0 cm³/mol. The molecule has 1 heterocycles. The highest BCUT2D eigenvalue weighted by Gasteiger charge is 2.29. The lowest BCUT2D eigenvalue weighted by atomic mass is 10.2. The normalized spacial score (nSPS) is 20.2. The average Bonchev–Trinajstić information content (AvgIpc) is 2.80. The van der Waals surface area contributed by atoms with E-state index in [0.29, 0.717) is 12.1 Å². The Morgan fingerprint density at radius 2 is 2.05 bits per heavy atom. The molecule has 0 spiro atoms. The van der Waals surface area contributed by atoms with E-state index in [-0.39, 0.29) is 17.2 Å². The number of anilines is 1. The molecule has 0 bridgehead atoms. The molecule has 1 atom stereocenters. The first-order chi connectivity index (χ1) is 10.4. The van der Waals surface area contributed by atoms with E-state index in [1.165, 1.54) is 0 Å². The van der Waals surface area contributed by atoms with Crippen molar-refractivity contribution >= 4 is 43.1 Å². The van der Waals surface area contributed by atoms with Gasteiger partial charge in [-0.25, -0.2) is 8.42 Å². The summed E-state index contributed by atoms with van der Waals surface area (Å²) in [4.78, 5) is 11.9. The van der Waals surface area contributed by atoms with Crippen molar-refractivity contribution in [3.63, 3.8) is 0 Å². The van der Waals surface area contributed by atoms with Crippen LogP contribution in [0, 0.1) is 11.3 Å². The van der Waals surface area contributed by atoms with Gasteiger partial charge in [0.05, 0.1) is 17.2 Å². The molecule has 0 unspecified atom stereocenters. The molecule has 0 saturated carbocycles. The van der Waals surface area contributed by atoms with Crippen LogP contribution in [-0.2, 0) is 14.6 Å². The number of benzene rings is 1. The molecule has 9 heteroatoms. The molecule has 1 aromatic carbocycles. The highest BCUT2D eigenvalue weighted by Crippen LogP contribution is 2.14. The van der Waals surface area contributed by atoms with Crippen LogP contribution in [0.2, 0.25) is 0 Å². The summed E-state index contributed by atoms with van der Waals surface area (Å²) in [5, 5.41) is 15.2. The maximum absolute atomic E-state index is 11.9. The summed E-state index contributed by atoms with van der Waals surface area (Å²) in [5.41, 5.74) is 2.87. The fourth-order valence-electron chi connectivity index (χ4n) is 1.93. The number of nitriles is 1. The lowest BCUT2D eigenvalue weighted by Gasteiger charge is -2.09. The van der Waals surface area contributed by atoms with E-state index < -0.39 is 21.8 Å². The maximum Gasteiger partial charge on any atom is 0.282 e. The van der Waals surface area contributed by atoms with Crippen molar-refractivity contribution in [3.05, 3.63) is 28.7 Å². The monoisotopic (exact) mass is 384 g/mol. The molecule has 7 nitrogen and oxygen atoms in total. The van der Waals surface area contributed by atoms with Gasteiger partial charge in [0.1, 0.15) is 6.07 Å². The number of hydrogen-bond donors (Lipinski definition) is 2. The third kappa shape index (κ3) is 4.54. The van der Waals surface area contributed by atoms with Crippen LogP contribution in [0.5, 0.6) is 0 Å². The van der Waals surface area contributed by atoms with Gasteiger partial charge in [0, 0.05) is 10.5 Å². The molecular weight excluding hydrogens is 372 g/mol. The van der Waals surface area contributed by atoms with Crippen LogP contribution in [0.1, 0.15) is 6.42 Å². The highest BCUT2D eigenvalue weighted by atomic mass is 79.9. The molecule has 1 amide bonds. The van der Waals surface area contributed by atoms with Gasteiger partial charge in [-0.05, 0) is 30.7 Å². The highest BCUT2D eigenvalue weighted by molar-refractivity contribution is 9.10. The van der Waals surface area contributed by atoms with E-state index in [1.807, 2.05) is 0 Å². The van der Waals surface area contributed by atoms with Gasteiger partial charge >= 0.3 is 0 Å². The molecule has 1 aliphatic heterocycles. The topological polar surface area (TPSA) is 111 Å². The number of rotatable bonds is 4. The van der Waals surface area contributed by atoms with Crippen LogP contribution in [0.25, 0.3) is 0 Å². The largest absolute Gasteiger partial charge is 0.346 e. The second kappa shape index (κ2) is 6.89. The molecule has 0 aromatic heterocycles. The second-order valence-corrected chi connectivity index (χ2v) is 7.91.